The predicted molar refractivity (Wildman–Crippen MR) is 55.8 cm³/mol. The van der Waals surface area contributed by atoms with Crippen molar-refractivity contribution in [1.29, 1.82) is 5.26 Å². The Hall–Kier alpha value is -0.730. The predicted octanol–water partition coefficient (Wildman–Crippen LogP) is 3.59. The summed E-state index contributed by atoms with van der Waals surface area (Å²) in [5.74, 6) is -0.0577. The number of pyridine rings is 1. The van der Waals surface area contributed by atoms with Gasteiger partial charge < -0.3 is 0 Å². The summed E-state index contributed by atoms with van der Waals surface area (Å²) in [6.45, 7) is 0. The molecule has 0 atom stereocenters. The number of hydrogen-bond donors (Lipinski definition) is 0. The molecule has 80 valence electrons. The van der Waals surface area contributed by atoms with Gasteiger partial charge in [0.2, 0.25) is 0 Å². The third-order valence-corrected chi connectivity index (χ3v) is 2.79. The van der Waals surface area contributed by atoms with E-state index in [4.69, 9.17) is 16.9 Å². The molecule has 0 spiro atoms. The van der Waals surface area contributed by atoms with Crippen LogP contribution < -0.4 is 0 Å². The number of halogens is 4. The summed E-state index contributed by atoms with van der Waals surface area (Å²) >= 11 is 8.54. The number of nitriles is 1. The van der Waals surface area contributed by atoms with E-state index in [2.05, 4.69) is 20.9 Å². The van der Waals surface area contributed by atoms with E-state index in [9.17, 15) is 8.78 Å². The fourth-order valence-electron chi connectivity index (χ4n) is 1.20. The average Bonchev–Trinajstić information content (AvgIpc) is 2.19. The summed E-state index contributed by atoms with van der Waals surface area (Å²) in [5, 5.41) is 8.52. The van der Waals surface area contributed by atoms with Crippen molar-refractivity contribution in [3.63, 3.8) is 0 Å². The maximum absolute atomic E-state index is 12.7. The zero-order valence-corrected chi connectivity index (χ0v) is 9.82. The largest absolute Gasteiger partial charge is 0.266 e. The third-order valence-electron chi connectivity index (χ3n) is 1.89. The summed E-state index contributed by atoms with van der Waals surface area (Å²) in [5.41, 5.74) is 0.513. The molecule has 0 aromatic carbocycles. The van der Waals surface area contributed by atoms with Crippen LogP contribution in [-0.2, 0) is 12.3 Å². The van der Waals surface area contributed by atoms with Gasteiger partial charge in [0.05, 0.1) is 18.1 Å². The van der Waals surface area contributed by atoms with Crippen molar-refractivity contribution >= 4 is 27.5 Å². The van der Waals surface area contributed by atoms with Gasteiger partial charge >= 0.3 is 0 Å². The molecule has 0 N–H and O–H groups in total. The van der Waals surface area contributed by atoms with E-state index in [1.807, 2.05) is 6.07 Å². The molecule has 2 nitrogen and oxygen atoms in total. The van der Waals surface area contributed by atoms with Crippen LogP contribution in [0.15, 0.2) is 10.8 Å². The molecule has 0 aliphatic carbocycles. The third kappa shape index (κ3) is 2.64. The van der Waals surface area contributed by atoms with Crippen molar-refractivity contribution in [3.05, 3.63) is 27.5 Å². The maximum atomic E-state index is 12.7. The first-order valence-electron chi connectivity index (χ1n) is 3.99. The summed E-state index contributed by atoms with van der Waals surface area (Å²) in [6, 6.07) is 1.89. The lowest BCUT2D eigenvalue weighted by molar-refractivity contribution is 0.149. The molecule has 0 saturated heterocycles. The van der Waals surface area contributed by atoms with E-state index in [-0.39, 0.29) is 28.0 Å². The Morgan fingerprint density at radius 3 is 2.73 bits per heavy atom. The molecule has 0 fully saturated rings. The summed E-state index contributed by atoms with van der Waals surface area (Å²) in [7, 11) is 0. The van der Waals surface area contributed by atoms with Gasteiger partial charge in [0.1, 0.15) is 4.60 Å². The van der Waals surface area contributed by atoms with Gasteiger partial charge in [-0.1, -0.05) is 0 Å². The number of rotatable bonds is 3. The van der Waals surface area contributed by atoms with Crippen LogP contribution in [0.25, 0.3) is 0 Å². The van der Waals surface area contributed by atoms with Crippen LogP contribution in [0.1, 0.15) is 23.1 Å². The Morgan fingerprint density at radius 1 is 1.60 bits per heavy atom. The van der Waals surface area contributed by atoms with Gasteiger partial charge in [-0.3, -0.25) is 0 Å². The highest BCUT2D eigenvalue weighted by atomic mass is 79.9. The molecule has 1 aromatic rings. The second kappa shape index (κ2) is 5.38. The molecule has 15 heavy (non-hydrogen) atoms. The molecule has 0 unspecified atom stereocenters. The van der Waals surface area contributed by atoms with Crippen molar-refractivity contribution in [2.75, 3.05) is 0 Å². The number of aromatic nitrogens is 1. The van der Waals surface area contributed by atoms with Crippen molar-refractivity contribution < 1.29 is 8.78 Å². The highest BCUT2D eigenvalue weighted by molar-refractivity contribution is 9.10. The van der Waals surface area contributed by atoms with Gasteiger partial charge in [0.15, 0.2) is 0 Å². The fourth-order valence-corrected chi connectivity index (χ4v) is 2.03. The number of nitrogens with zero attached hydrogens (tertiary/aromatic N) is 2. The summed E-state index contributed by atoms with van der Waals surface area (Å²) < 4.78 is 25.4. The quantitative estimate of drug-likeness (QED) is 0.631. The van der Waals surface area contributed by atoms with Gasteiger partial charge in [0, 0.05) is 12.1 Å². The zero-order chi connectivity index (χ0) is 11.4. The minimum Gasteiger partial charge on any atom is -0.249 e. The fraction of sp³-hybridized carbons (Fsp3) is 0.333. The van der Waals surface area contributed by atoms with Gasteiger partial charge in [0.25, 0.3) is 6.43 Å². The van der Waals surface area contributed by atoms with Crippen molar-refractivity contribution in [2.45, 2.75) is 18.7 Å². The number of alkyl halides is 3. The minimum absolute atomic E-state index is 0.0298. The lowest BCUT2D eigenvalue weighted by Gasteiger charge is -2.11. The topological polar surface area (TPSA) is 36.7 Å². The molecule has 0 saturated carbocycles. The molecule has 1 heterocycles. The Kier molecular flexibility index (Phi) is 4.43. The lowest BCUT2D eigenvalue weighted by Crippen LogP contribution is -2.02. The summed E-state index contributed by atoms with van der Waals surface area (Å²) in [6.07, 6.45) is -1.24. The first-order chi connectivity index (χ1) is 7.11. The van der Waals surface area contributed by atoms with E-state index >= 15 is 0 Å². The lowest BCUT2D eigenvalue weighted by atomic mass is 10.0. The average molecular weight is 296 g/mol. The van der Waals surface area contributed by atoms with Crippen LogP contribution in [0.2, 0.25) is 0 Å². The van der Waals surface area contributed by atoms with E-state index in [0.29, 0.717) is 5.56 Å². The van der Waals surface area contributed by atoms with E-state index in [0.717, 1.165) is 0 Å². The minimum atomic E-state index is -2.65. The first-order valence-corrected chi connectivity index (χ1v) is 5.31. The van der Waals surface area contributed by atoms with Crippen LogP contribution in [0.3, 0.4) is 0 Å². The molecule has 1 aromatic heterocycles. The molecule has 0 amide bonds. The zero-order valence-electron chi connectivity index (χ0n) is 7.48. The van der Waals surface area contributed by atoms with Gasteiger partial charge in [-0.25, -0.2) is 13.8 Å². The van der Waals surface area contributed by atoms with Gasteiger partial charge in [-0.15, -0.1) is 11.6 Å². The molecule has 0 aliphatic heterocycles. The Bertz CT molecular complexity index is 404. The Morgan fingerprint density at radius 2 is 2.27 bits per heavy atom. The van der Waals surface area contributed by atoms with E-state index < -0.39 is 6.43 Å². The van der Waals surface area contributed by atoms with Crippen LogP contribution >= 0.6 is 27.5 Å². The van der Waals surface area contributed by atoms with Gasteiger partial charge in [-0.05, 0) is 27.1 Å². The normalized spacial score (nSPS) is 10.4. The molecule has 0 bridgehead atoms. The molecule has 0 aliphatic rings. The second-order valence-corrected chi connectivity index (χ2v) is 3.75. The van der Waals surface area contributed by atoms with Crippen LogP contribution in [0.5, 0.6) is 0 Å². The molecular weight excluding hydrogens is 289 g/mol. The molecule has 6 heteroatoms. The van der Waals surface area contributed by atoms with Crippen LogP contribution in [-0.4, -0.2) is 4.98 Å². The SMILES string of the molecule is N#CCc1cnc(Br)c(C(F)F)c1CCl. The Balaban J connectivity index is 3.34. The highest BCUT2D eigenvalue weighted by Crippen LogP contribution is 2.32. The molecule has 0 radical (unpaired) electrons. The van der Waals surface area contributed by atoms with Crippen molar-refractivity contribution in [1.82, 2.24) is 4.98 Å². The standard InChI is InChI=1S/C9H6BrClF2N2/c10-8-7(9(12)13)6(3-11)5(1-2-14)4-15-8/h4,9H,1,3H2. The highest BCUT2D eigenvalue weighted by Gasteiger charge is 2.20. The van der Waals surface area contributed by atoms with Crippen LogP contribution in [0, 0.1) is 11.3 Å². The summed E-state index contributed by atoms with van der Waals surface area (Å²) in [4.78, 5) is 3.75. The van der Waals surface area contributed by atoms with E-state index in [1.165, 1.54) is 6.20 Å². The van der Waals surface area contributed by atoms with Crippen molar-refractivity contribution in [3.8, 4) is 6.07 Å². The molecule has 1 rings (SSSR count). The smallest absolute Gasteiger partial charge is 0.249 e. The number of hydrogen-bond acceptors (Lipinski definition) is 2. The maximum Gasteiger partial charge on any atom is 0.266 e. The van der Waals surface area contributed by atoms with Crippen LogP contribution in [0.4, 0.5) is 8.78 Å². The monoisotopic (exact) mass is 294 g/mol. The van der Waals surface area contributed by atoms with Crippen molar-refractivity contribution in [2.24, 2.45) is 0 Å². The van der Waals surface area contributed by atoms with Gasteiger partial charge in [-0.2, -0.15) is 5.26 Å². The Labute approximate surface area is 99.0 Å². The molecular formula is C9H6BrClF2N2. The second-order valence-electron chi connectivity index (χ2n) is 2.74. The van der Waals surface area contributed by atoms with E-state index in [1.54, 1.807) is 0 Å². The first kappa shape index (κ1) is 12.3.